The fourth-order valence-electron chi connectivity index (χ4n) is 4.41. The molecule has 1 aliphatic heterocycles. The molecule has 1 aliphatic rings. The summed E-state index contributed by atoms with van der Waals surface area (Å²) in [7, 11) is -3.83. The van der Waals surface area contributed by atoms with Gasteiger partial charge in [-0.1, -0.05) is 59.8 Å². The first-order valence-electron chi connectivity index (χ1n) is 10.9. The zero-order valence-electron chi connectivity index (χ0n) is 18.7. The van der Waals surface area contributed by atoms with Crippen LogP contribution in [0, 0.1) is 5.82 Å². The van der Waals surface area contributed by atoms with Crippen LogP contribution in [0.25, 0.3) is 10.8 Å². The molecule has 0 aliphatic carbocycles. The predicted molar refractivity (Wildman–Crippen MR) is 140 cm³/mol. The summed E-state index contributed by atoms with van der Waals surface area (Å²) in [5.41, 5.74) is 0.761. The number of thioether (sulfide) groups is 1. The quantitative estimate of drug-likeness (QED) is 0.257. The standard InChI is InChI=1S/C24H22ClFN4O2S3/c1-34-24-28-27-23(29(24)13-15-6-9-21(26)20(25)10-15)22-12-18(33)14-30(22)35(31,32)19-8-7-16-4-2-3-5-17(16)11-19/h2-11,18,22,33H,12-14H2,1H3/t18-,22+/m1/s1. The van der Waals surface area contributed by atoms with E-state index in [0.717, 1.165) is 16.3 Å². The van der Waals surface area contributed by atoms with Gasteiger partial charge in [-0.2, -0.15) is 16.9 Å². The first-order valence-corrected chi connectivity index (χ1v) is 14.4. The second kappa shape index (κ2) is 9.74. The summed E-state index contributed by atoms with van der Waals surface area (Å²) in [5.74, 6) is 0.0292. The van der Waals surface area contributed by atoms with Gasteiger partial charge < -0.3 is 4.57 Å². The summed E-state index contributed by atoms with van der Waals surface area (Å²) in [4.78, 5) is 0.227. The minimum Gasteiger partial charge on any atom is -0.300 e. The number of sulfonamides is 1. The zero-order valence-corrected chi connectivity index (χ0v) is 22.0. The van der Waals surface area contributed by atoms with Crippen LogP contribution in [0.5, 0.6) is 0 Å². The summed E-state index contributed by atoms with van der Waals surface area (Å²) in [6.07, 6.45) is 2.37. The second-order valence-corrected chi connectivity index (χ2v) is 12.2. The molecule has 0 saturated carbocycles. The van der Waals surface area contributed by atoms with Crippen LogP contribution >= 0.6 is 36.0 Å². The highest BCUT2D eigenvalue weighted by Crippen LogP contribution is 2.39. The number of aromatic nitrogens is 3. The number of nitrogens with zero attached hydrogens (tertiary/aromatic N) is 4. The molecule has 0 unspecified atom stereocenters. The Hall–Kier alpha value is -2.11. The summed E-state index contributed by atoms with van der Waals surface area (Å²) in [5, 5.41) is 11.0. The van der Waals surface area contributed by atoms with Crippen molar-refractivity contribution >= 4 is 56.8 Å². The highest BCUT2D eigenvalue weighted by atomic mass is 35.5. The van der Waals surface area contributed by atoms with Crippen molar-refractivity contribution in [2.45, 2.75) is 34.3 Å². The molecule has 182 valence electrons. The van der Waals surface area contributed by atoms with E-state index in [4.69, 9.17) is 11.6 Å². The molecule has 0 radical (unpaired) electrons. The van der Waals surface area contributed by atoms with Crippen molar-refractivity contribution in [2.24, 2.45) is 0 Å². The van der Waals surface area contributed by atoms with Crippen LogP contribution in [0.2, 0.25) is 5.02 Å². The van der Waals surface area contributed by atoms with Gasteiger partial charge in [0.25, 0.3) is 0 Å². The van der Waals surface area contributed by atoms with Gasteiger partial charge in [0.2, 0.25) is 10.0 Å². The summed E-state index contributed by atoms with van der Waals surface area (Å²) in [6.45, 7) is 0.586. The third kappa shape index (κ3) is 4.70. The monoisotopic (exact) mass is 548 g/mol. The topological polar surface area (TPSA) is 68.1 Å². The lowest BCUT2D eigenvalue weighted by Crippen LogP contribution is -2.33. The molecule has 0 amide bonds. The Morgan fingerprint density at radius 3 is 2.63 bits per heavy atom. The molecular weight excluding hydrogens is 527 g/mol. The fourth-order valence-corrected chi connectivity index (χ4v) is 7.28. The van der Waals surface area contributed by atoms with Crippen molar-refractivity contribution in [3.05, 3.63) is 82.9 Å². The van der Waals surface area contributed by atoms with Gasteiger partial charge in [0, 0.05) is 11.8 Å². The van der Waals surface area contributed by atoms with Gasteiger partial charge >= 0.3 is 0 Å². The normalized spacial score (nSPS) is 19.0. The van der Waals surface area contributed by atoms with Crippen LogP contribution in [0.15, 0.2) is 70.7 Å². The van der Waals surface area contributed by atoms with Crippen LogP contribution in [0.1, 0.15) is 23.9 Å². The Morgan fingerprint density at radius 2 is 1.89 bits per heavy atom. The van der Waals surface area contributed by atoms with E-state index in [2.05, 4.69) is 22.8 Å². The molecule has 11 heteroatoms. The van der Waals surface area contributed by atoms with E-state index in [0.29, 0.717) is 23.9 Å². The lowest BCUT2D eigenvalue weighted by Gasteiger charge is -2.24. The van der Waals surface area contributed by atoms with Gasteiger partial charge in [0.05, 0.1) is 22.5 Å². The van der Waals surface area contributed by atoms with Crippen LogP contribution in [0.4, 0.5) is 4.39 Å². The average molecular weight is 549 g/mol. The van der Waals surface area contributed by atoms with Crippen LogP contribution in [-0.2, 0) is 16.6 Å². The molecule has 0 N–H and O–H groups in total. The molecule has 1 saturated heterocycles. The molecule has 1 fully saturated rings. The lowest BCUT2D eigenvalue weighted by atomic mass is 10.1. The molecule has 35 heavy (non-hydrogen) atoms. The largest absolute Gasteiger partial charge is 0.300 e. The predicted octanol–water partition coefficient (Wildman–Crippen LogP) is 5.43. The van der Waals surface area contributed by atoms with Crippen molar-refractivity contribution in [3.8, 4) is 0 Å². The highest BCUT2D eigenvalue weighted by molar-refractivity contribution is 7.98. The third-order valence-electron chi connectivity index (χ3n) is 6.11. The van der Waals surface area contributed by atoms with Crippen molar-refractivity contribution < 1.29 is 12.8 Å². The van der Waals surface area contributed by atoms with Gasteiger partial charge in [0.1, 0.15) is 5.82 Å². The van der Waals surface area contributed by atoms with Gasteiger partial charge in [-0.15, -0.1) is 10.2 Å². The average Bonchev–Trinajstić information content (AvgIpc) is 3.44. The molecule has 2 atom stereocenters. The number of thiol groups is 1. The maximum Gasteiger partial charge on any atom is 0.243 e. The summed E-state index contributed by atoms with van der Waals surface area (Å²) < 4.78 is 44.6. The Kier molecular flexibility index (Phi) is 6.84. The van der Waals surface area contributed by atoms with Crippen LogP contribution < -0.4 is 0 Å². The molecule has 3 aromatic carbocycles. The molecule has 0 spiro atoms. The van der Waals surface area contributed by atoms with E-state index in [9.17, 15) is 12.8 Å². The number of benzene rings is 3. The summed E-state index contributed by atoms with van der Waals surface area (Å²) >= 11 is 12.0. The fraction of sp³-hybridized carbons (Fsp3) is 0.250. The minimum atomic E-state index is -3.83. The Labute approximate surface area is 218 Å². The minimum absolute atomic E-state index is 0.0274. The van der Waals surface area contributed by atoms with E-state index < -0.39 is 21.9 Å². The van der Waals surface area contributed by atoms with Crippen molar-refractivity contribution in [1.29, 1.82) is 0 Å². The maximum absolute atomic E-state index is 13.8. The molecule has 0 bridgehead atoms. The van der Waals surface area contributed by atoms with Gasteiger partial charge in [0.15, 0.2) is 11.0 Å². The van der Waals surface area contributed by atoms with Crippen LogP contribution in [-0.4, -0.2) is 45.5 Å². The van der Waals surface area contributed by atoms with E-state index in [-0.39, 0.29) is 21.7 Å². The molecular formula is C24H22ClFN4O2S3. The van der Waals surface area contributed by atoms with Crippen LogP contribution in [0.3, 0.4) is 0 Å². The SMILES string of the molecule is CSc1nnc([C@@H]2C[C@@H](S)CN2S(=O)(=O)c2ccc3ccccc3c2)n1Cc1ccc(F)c(Cl)c1. The van der Waals surface area contributed by atoms with Gasteiger partial charge in [-0.25, -0.2) is 12.8 Å². The lowest BCUT2D eigenvalue weighted by molar-refractivity contribution is 0.372. The highest BCUT2D eigenvalue weighted by Gasteiger charge is 2.42. The molecule has 2 heterocycles. The molecule has 4 aromatic rings. The number of hydrogen-bond acceptors (Lipinski definition) is 6. The molecule has 5 rings (SSSR count). The summed E-state index contributed by atoms with van der Waals surface area (Å²) in [6, 6.07) is 16.8. The van der Waals surface area contributed by atoms with E-state index >= 15 is 0 Å². The smallest absolute Gasteiger partial charge is 0.243 e. The van der Waals surface area contributed by atoms with E-state index in [1.54, 1.807) is 24.3 Å². The van der Waals surface area contributed by atoms with Crippen molar-refractivity contribution in [3.63, 3.8) is 0 Å². The Morgan fingerprint density at radius 1 is 1.11 bits per heavy atom. The number of halogens is 2. The Balaban J connectivity index is 1.54. The van der Waals surface area contributed by atoms with E-state index in [1.165, 1.54) is 22.1 Å². The third-order valence-corrected chi connectivity index (χ3v) is 9.31. The molecule has 6 nitrogen and oxygen atoms in total. The first kappa shape index (κ1) is 24.6. The second-order valence-electron chi connectivity index (χ2n) is 8.37. The van der Waals surface area contributed by atoms with Gasteiger partial charge in [-0.05, 0) is 53.3 Å². The van der Waals surface area contributed by atoms with E-state index in [1.807, 2.05) is 41.2 Å². The first-order chi connectivity index (χ1) is 16.8. The zero-order chi connectivity index (χ0) is 24.7. The Bertz CT molecular complexity index is 1510. The van der Waals surface area contributed by atoms with Gasteiger partial charge in [-0.3, -0.25) is 0 Å². The number of hydrogen-bond donors (Lipinski definition) is 1. The molecule has 1 aromatic heterocycles. The maximum atomic E-state index is 13.8. The number of rotatable bonds is 6. The van der Waals surface area contributed by atoms with Crippen molar-refractivity contribution in [1.82, 2.24) is 19.1 Å². The van der Waals surface area contributed by atoms with Crippen molar-refractivity contribution in [2.75, 3.05) is 12.8 Å². The number of fused-ring (bicyclic) bond motifs is 1.